The van der Waals surface area contributed by atoms with E-state index in [1.807, 2.05) is 0 Å². The van der Waals surface area contributed by atoms with Crippen molar-refractivity contribution in [2.45, 2.75) is 25.6 Å². The second kappa shape index (κ2) is 3.95. The fraction of sp³-hybridized carbons (Fsp3) is 0.857. The summed E-state index contributed by atoms with van der Waals surface area (Å²) in [6, 6.07) is 0. The van der Waals surface area contributed by atoms with Crippen LogP contribution in [-0.2, 0) is 14.3 Å². The zero-order valence-corrected chi connectivity index (χ0v) is 6.71. The maximum atomic E-state index is 10.3. The number of rotatable bonds is 2. The Bertz CT molecular complexity index is 160. The van der Waals surface area contributed by atoms with Gasteiger partial charge in [-0.1, -0.05) is 6.92 Å². The minimum Gasteiger partial charge on any atom is -0.364 e. The fourth-order valence-corrected chi connectivity index (χ4v) is 0.925. The van der Waals surface area contributed by atoms with E-state index in [0.29, 0.717) is 0 Å². The Labute approximate surface area is 69.9 Å². The molecule has 70 valence electrons. The Morgan fingerprint density at radius 1 is 1.50 bits per heavy atom. The Kier molecular flexibility index (Phi) is 3.16. The minimum absolute atomic E-state index is 0.123. The average Bonchev–Trinajstić information content (AvgIpc) is 2.08. The lowest BCUT2D eigenvalue weighted by atomic mass is 10.1. The van der Waals surface area contributed by atoms with Gasteiger partial charge in [0.1, 0.15) is 6.29 Å². The molecule has 0 aromatic rings. The molecule has 0 aromatic heterocycles. The first kappa shape index (κ1) is 9.60. The summed E-state index contributed by atoms with van der Waals surface area (Å²) in [6.45, 7) is 1.78. The second-order valence-corrected chi connectivity index (χ2v) is 2.78. The van der Waals surface area contributed by atoms with Crippen molar-refractivity contribution < 1.29 is 24.5 Å². The van der Waals surface area contributed by atoms with Gasteiger partial charge in [-0.25, -0.2) is 0 Å². The first-order valence-corrected chi connectivity index (χ1v) is 3.73. The van der Waals surface area contributed by atoms with Crippen molar-refractivity contribution in [1.29, 1.82) is 0 Å². The molecule has 0 radical (unpaired) electrons. The van der Waals surface area contributed by atoms with E-state index in [1.165, 1.54) is 0 Å². The molecule has 1 aliphatic heterocycles. The fourth-order valence-electron chi connectivity index (χ4n) is 0.925. The molecule has 5 heteroatoms. The quantitative estimate of drug-likeness (QED) is 0.521. The molecule has 0 aliphatic carbocycles. The van der Waals surface area contributed by atoms with Crippen LogP contribution in [0.2, 0.25) is 0 Å². The lowest BCUT2D eigenvalue weighted by Gasteiger charge is -2.32. The van der Waals surface area contributed by atoms with E-state index in [1.54, 1.807) is 6.92 Å². The van der Waals surface area contributed by atoms with Gasteiger partial charge in [0.25, 0.3) is 0 Å². The second-order valence-electron chi connectivity index (χ2n) is 2.78. The lowest BCUT2D eigenvalue weighted by molar-refractivity contribution is -0.318. The topological polar surface area (TPSA) is 76.0 Å². The number of carbonyl (C=O) groups is 1. The first-order chi connectivity index (χ1) is 5.65. The van der Waals surface area contributed by atoms with Crippen molar-refractivity contribution in [3.8, 4) is 0 Å². The van der Waals surface area contributed by atoms with E-state index in [2.05, 4.69) is 0 Å². The standard InChI is InChI=1S/C7H12O5/c1-4(2-8)5-3-11-6(9)7(10)12-5/h2,4-7,9-10H,3H2,1H3. The number of aliphatic hydroxyl groups excluding tert-OH is 2. The predicted octanol–water partition coefficient (Wildman–Crippen LogP) is -1.13. The van der Waals surface area contributed by atoms with Crippen LogP contribution in [0.3, 0.4) is 0 Å². The van der Waals surface area contributed by atoms with Gasteiger partial charge < -0.3 is 24.5 Å². The molecule has 0 spiro atoms. The van der Waals surface area contributed by atoms with Crippen LogP contribution >= 0.6 is 0 Å². The molecule has 5 nitrogen and oxygen atoms in total. The summed E-state index contributed by atoms with van der Waals surface area (Å²) in [5.41, 5.74) is 0. The van der Waals surface area contributed by atoms with Crippen LogP contribution in [0.25, 0.3) is 0 Å². The molecule has 1 aliphatic rings. The van der Waals surface area contributed by atoms with Crippen molar-refractivity contribution in [2.24, 2.45) is 5.92 Å². The van der Waals surface area contributed by atoms with Crippen LogP contribution in [0.4, 0.5) is 0 Å². The van der Waals surface area contributed by atoms with Gasteiger partial charge in [0.05, 0.1) is 12.7 Å². The summed E-state index contributed by atoms with van der Waals surface area (Å²) < 4.78 is 9.65. The third kappa shape index (κ3) is 2.01. The molecule has 1 saturated heterocycles. The molecule has 0 amide bonds. The predicted molar refractivity (Wildman–Crippen MR) is 38.1 cm³/mol. The Balaban J connectivity index is 2.44. The molecule has 2 N–H and O–H groups in total. The molecule has 1 heterocycles. The number of ether oxygens (including phenoxy) is 2. The van der Waals surface area contributed by atoms with Gasteiger partial charge in [-0.2, -0.15) is 0 Å². The van der Waals surface area contributed by atoms with E-state index in [0.717, 1.165) is 6.29 Å². The average molecular weight is 176 g/mol. The summed E-state index contributed by atoms with van der Waals surface area (Å²) in [5.74, 6) is -0.341. The van der Waals surface area contributed by atoms with Gasteiger partial charge in [-0.05, 0) is 0 Å². The number of aliphatic hydroxyl groups is 2. The van der Waals surface area contributed by atoms with Crippen LogP contribution in [0.5, 0.6) is 0 Å². The molecular formula is C7H12O5. The van der Waals surface area contributed by atoms with Crippen LogP contribution in [0.15, 0.2) is 0 Å². The maximum absolute atomic E-state index is 10.3. The van der Waals surface area contributed by atoms with Crippen LogP contribution in [0.1, 0.15) is 6.92 Å². The van der Waals surface area contributed by atoms with Crippen LogP contribution in [-0.4, -0.2) is 41.8 Å². The van der Waals surface area contributed by atoms with Crippen molar-refractivity contribution >= 4 is 6.29 Å². The molecule has 12 heavy (non-hydrogen) atoms. The largest absolute Gasteiger partial charge is 0.364 e. The Hall–Kier alpha value is -0.490. The number of carbonyl (C=O) groups excluding carboxylic acids is 1. The van der Waals surface area contributed by atoms with Gasteiger partial charge >= 0.3 is 0 Å². The van der Waals surface area contributed by atoms with Crippen molar-refractivity contribution in [2.75, 3.05) is 6.61 Å². The van der Waals surface area contributed by atoms with Gasteiger partial charge in [-0.15, -0.1) is 0 Å². The highest BCUT2D eigenvalue weighted by atomic mass is 16.7. The summed E-state index contributed by atoms with van der Waals surface area (Å²) >= 11 is 0. The minimum atomic E-state index is -1.36. The molecule has 4 atom stereocenters. The van der Waals surface area contributed by atoms with E-state index in [4.69, 9.17) is 19.7 Å². The third-order valence-corrected chi connectivity index (χ3v) is 1.79. The Morgan fingerprint density at radius 3 is 2.67 bits per heavy atom. The van der Waals surface area contributed by atoms with Crippen molar-refractivity contribution in [1.82, 2.24) is 0 Å². The summed E-state index contributed by atoms with van der Waals surface area (Å²) in [4.78, 5) is 10.3. The highest BCUT2D eigenvalue weighted by Gasteiger charge is 2.31. The molecular weight excluding hydrogens is 164 g/mol. The van der Waals surface area contributed by atoms with Gasteiger partial charge in [-0.3, -0.25) is 0 Å². The highest BCUT2D eigenvalue weighted by molar-refractivity contribution is 5.53. The zero-order valence-electron chi connectivity index (χ0n) is 6.71. The molecule has 4 unspecified atom stereocenters. The molecule has 1 fully saturated rings. The zero-order chi connectivity index (χ0) is 9.14. The van der Waals surface area contributed by atoms with E-state index < -0.39 is 18.7 Å². The normalized spacial score (nSPS) is 39.1. The van der Waals surface area contributed by atoms with E-state index >= 15 is 0 Å². The van der Waals surface area contributed by atoms with E-state index in [9.17, 15) is 4.79 Å². The molecule has 0 saturated carbocycles. The van der Waals surface area contributed by atoms with Crippen molar-refractivity contribution in [3.05, 3.63) is 0 Å². The highest BCUT2D eigenvalue weighted by Crippen LogP contribution is 2.16. The first-order valence-electron chi connectivity index (χ1n) is 3.73. The number of hydrogen-bond donors (Lipinski definition) is 2. The third-order valence-electron chi connectivity index (χ3n) is 1.79. The summed E-state index contributed by atoms with van der Waals surface area (Å²) in [6.07, 6.45) is -2.41. The molecule has 0 aromatic carbocycles. The monoisotopic (exact) mass is 176 g/mol. The lowest BCUT2D eigenvalue weighted by Crippen LogP contribution is -2.46. The van der Waals surface area contributed by atoms with Gasteiger partial charge in [0.15, 0.2) is 0 Å². The maximum Gasteiger partial charge on any atom is 0.207 e. The Morgan fingerprint density at radius 2 is 2.17 bits per heavy atom. The summed E-state index contributed by atoms with van der Waals surface area (Å²) in [7, 11) is 0. The molecule has 0 bridgehead atoms. The van der Waals surface area contributed by atoms with Crippen LogP contribution in [0, 0.1) is 5.92 Å². The smallest absolute Gasteiger partial charge is 0.207 e. The summed E-state index contributed by atoms with van der Waals surface area (Å²) in [5, 5.41) is 17.8. The SMILES string of the molecule is CC(C=O)C1COC(O)C(O)O1. The van der Waals surface area contributed by atoms with Crippen LogP contribution < -0.4 is 0 Å². The van der Waals surface area contributed by atoms with Gasteiger partial charge in [0.2, 0.25) is 12.6 Å². The van der Waals surface area contributed by atoms with Gasteiger partial charge in [0, 0.05) is 5.92 Å². The van der Waals surface area contributed by atoms with E-state index in [-0.39, 0.29) is 12.5 Å². The number of hydrogen-bond acceptors (Lipinski definition) is 5. The molecule has 1 rings (SSSR count). The number of aldehydes is 1. The van der Waals surface area contributed by atoms with Crippen molar-refractivity contribution in [3.63, 3.8) is 0 Å².